The number of nitrogens with zero attached hydrogens (tertiary/aromatic N) is 1. The van der Waals surface area contributed by atoms with E-state index in [1.807, 2.05) is 0 Å². The van der Waals surface area contributed by atoms with Gasteiger partial charge in [-0.05, 0) is 38.3 Å². The van der Waals surface area contributed by atoms with Gasteiger partial charge < -0.3 is 10.5 Å². The summed E-state index contributed by atoms with van der Waals surface area (Å²) in [5, 5.41) is 0. The van der Waals surface area contributed by atoms with Crippen LogP contribution in [-0.4, -0.2) is 43.3 Å². The molecule has 1 atom stereocenters. The highest BCUT2D eigenvalue weighted by Crippen LogP contribution is 2.34. The zero-order valence-electron chi connectivity index (χ0n) is 9.33. The Morgan fingerprint density at radius 3 is 2.29 bits per heavy atom. The zero-order valence-corrected chi connectivity index (χ0v) is 9.33. The molecule has 0 aromatic heterocycles. The van der Waals surface area contributed by atoms with Gasteiger partial charge in [0.25, 0.3) is 0 Å². The van der Waals surface area contributed by atoms with E-state index >= 15 is 0 Å². The van der Waals surface area contributed by atoms with Gasteiger partial charge in [-0.1, -0.05) is 6.92 Å². The number of nitrogens with two attached hydrogens (primary N) is 1. The van der Waals surface area contributed by atoms with E-state index in [0.717, 1.165) is 13.2 Å². The summed E-state index contributed by atoms with van der Waals surface area (Å²) in [5.41, 5.74) is 6.39. The average molecular weight is 198 g/mol. The molecule has 0 saturated carbocycles. The standard InChI is InChI=1S/C11H22N2O/c1-9(12)11(2)3-5-13(6-4-11)10-7-14-8-10/h9-10H,3-8,12H2,1-2H3. The van der Waals surface area contributed by atoms with Crippen LogP contribution in [0.1, 0.15) is 26.7 Å². The second-order valence-corrected chi connectivity index (χ2v) is 5.17. The molecule has 2 N–H and O–H groups in total. The minimum absolute atomic E-state index is 0.322. The molecule has 0 bridgehead atoms. The second-order valence-electron chi connectivity index (χ2n) is 5.17. The quantitative estimate of drug-likeness (QED) is 0.714. The van der Waals surface area contributed by atoms with Crippen LogP contribution in [0.25, 0.3) is 0 Å². The van der Waals surface area contributed by atoms with Crippen molar-refractivity contribution in [3.8, 4) is 0 Å². The molecule has 0 spiro atoms. The summed E-state index contributed by atoms with van der Waals surface area (Å²) in [7, 11) is 0. The SMILES string of the molecule is CC(N)C1(C)CCN(C2COC2)CC1. The van der Waals surface area contributed by atoms with Crippen molar-refractivity contribution in [2.24, 2.45) is 11.1 Å². The topological polar surface area (TPSA) is 38.5 Å². The lowest BCUT2D eigenvalue weighted by atomic mass is 9.75. The van der Waals surface area contributed by atoms with Gasteiger partial charge >= 0.3 is 0 Å². The maximum atomic E-state index is 6.03. The number of likely N-dealkylation sites (tertiary alicyclic amines) is 1. The Labute approximate surface area is 86.6 Å². The summed E-state index contributed by atoms with van der Waals surface area (Å²) < 4.78 is 5.22. The fourth-order valence-electron chi connectivity index (χ4n) is 2.29. The van der Waals surface area contributed by atoms with Gasteiger partial charge in [-0.2, -0.15) is 0 Å². The fraction of sp³-hybridized carbons (Fsp3) is 1.00. The van der Waals surface area contributed by atoms with E-state index in [2.05, 4.69) is 18.7 Å². The molecule has 2 fully saturated rings. The lowest BCUT2D eigenvalue weighted by Gasteiger charge is -2.46. The van der Waals surface area contributed by atoms with Gasteiger partial charge in [-0.3, -0.25) is 4.90 Å². The van der Waals surface area contributed by atoms with Gasteiger partial charge in [0.05, 0.1) is 19.3 Å². The molecule has 3 nitrogen and oxygen atoms in total. The molecule has 3 heteroatoms. The van der Waals surface area contributed by atoms with E-state index in [4.69, 9.17) is 10.5 Å². The molecule has 0 aromatic carbocycles. The van der Waals surface area contributed by atoms with Crippen LogP contribution in [0, 0.1) is 5.41 Å². The first-order chi connectivity index (χ1) is 6.62. The van der Waals surface area contributed by atoms with Crippen molar-refractivity contribution < 1.29 is 4.74 Å². The third-order valence-corrected chi connectivity index (χ3v) is 4.18. The summed E-state index contributed by atoms with van der Waals surface area (Å²) in [6.45, 7) is 8.75. The van der Waals surface area contributed by atoms with Crippen molar-refractivity contribution in [2.45, 2.75) is 38.8 Å². The average Bonchev–Trinajstić information content (AvgIpc) is 2.06. The van der Waals surface area contributed by atoms with Crippen LogP contribution < -0.4 is 5.73 Å². The Balaban J connectivity index is 1.84. The molecule has 82 valence electrons. The van der Waals surface area contributed by atoms with Crippen LogP contribution in [0.3, 0.4) is 0 Å². The smallest absolute Gasteiger partial charge is 0.0645 e. The summed E-state index contributed by atoms with van der Waals surface area (Å²) >= 11 is 0. The number of rotatable bonds is 2. The van der Waals surface area contributed by atoms with Gasteiger partial charge in [-0.15, -0.1) is 0 Å². The van der Waals surface area contributed by atoms with Gasteiger partial charge in [0.1, 0.15) is 0 Å². The molecule has 1 unspecified atom stereocenters. The first-order valence-corrected chi connectivity index (χ1v) is 5.69. The van der Waals surface area contributed by atoms with E-state index < -0.39 is 0 Å². The van der Waals surface area contributed by atoms with E-state index in [1.54, 1.807) is 0 Å². The summed E-state index contributed by atoms with van der Waals surface area (Å²) in [6.07, 6.45) is 2.47. The summed E-state index contributed by atoms with van der Waals surface area (Å²) in [4.78, 5) is 2.56. The normalized spacial score (nSPS) is 31.1. The van der Waals surface area contributed by atoms with Gasteiger partial charge in [0.2, 0.25) is 0 Å². The molecule has 0 aliphatic carbocycles. The van der Waals surface area contributed by atoms with Gasteiger partial charge in [0.15, 0.2) is 0 Å². The monoisotopic (exact) mass is 198 g/mol. The van der Waals surface area contributed by atoms with Crippen molar-refractivity contribution in [3.05, 3.63) is 0 Å². The van der Waals surface area contributed by atoms with Crippen molar-refractivity contribution in [1.29, 1.82) is 0 Å². The predicted molar refractivity (Wildman–Crippen MR) is 57.2 cm³/mol. The van der Waals surface area contributed by atoms with Crippen molar-refractivity contribution in [2.75, 3.05) is 26.3 Å². The van der Waals surface area contributed by atoms with Crippen LogP contribution >= 0.6 is 0 Å². The zero-order chi connectivity index (χ0) is 10.2. The molecule has 2 heterocycles. The maximum absolute atomic E-state index is 6.03. The predicted octanol–water partition coefficient (Wildman–Crippen LogP) is 0.834. The van der Waals surface area contributed by atoms with Crippen LogP contribution in [0.4, 0.5) is 0 Å². The molecule has 2 aliphatic rings. The van der Waals surface area contributed by atoms with Crippen molar-refractivity contribution >= 4 is 0 Å². The third-order valence-electron chi connectivity index (χ3n) is 4.18. The third kappa shape index (κ3) is 1.81. The lowest BCUT2D eigenvalue weighted by molar-refractivity contribution is -0.0815. The van der Waals surface area contributed by atoms with E-state index in [9.17, 15) is 0 Å². The second kappa shape index (κ2) is 3.80. The molecular formula is C11H22N2O. The highest BCUT2D eigenvalue weighted by Gasteiger charge is 2.36. The highest BCUT2D eigenvalue weighted by atomic mass is 16.5. The highest BCUT2D eigenvalue weighted by molar-refractivity contribution is 4.91. The Morgan fingerprint density at radius 1 is 1.36 bits per heavy atom. The van der Waals surface area contributed by atoms with E-state index in [0.29, 0.717) is 17.5 Å². The first kappa shape index (κ1) is 10.4. The number of hydrogen-bond donors (Lipinski definition) is 1. The van der Waals surface area contributed by atoms with Crippen LogP contribution in [-0.2, 0) is 4.74 Å². The lowest BCUT2D eigenvalue weighted by Crippen LogP contribution is -2.55. The van der Waals surface area contributed by atoms with E-state index in [1.165, 1.54) is 25.9 Å². The minimum Gasteiger partial charge on any atom is -0.378 e. The molecule has 14 heavy (non-hydrogen) atoms. The Morgan fingerprint density at radius 2 is 1.93 bits per heavy atom. The van der Waals surface area contributed by atoms with Crippen molar-refractivity contribution in [3.63, 3.8) is 0 Å². The molecule has 2 rings (SSSR count). The Bertz CT molecular complexity index is 193. The van der Waals surface area contributed by atoms with Crippen LogP contribution in [0.2, 0.25) is 0 Å². The summed E-state index contributed by atoms with van der Waals surface area (Å²) in [6, 6.07) is 1.02. The van der Waals surface area contributed by atoms with Gasteiger partial charge in [0, 0.05) is 6.04 Å². The molecule has 0 aromatic rings. The Kier molecular flexibility index (Phi) is 2.82. The first-order valence-electron chi connectivity index (χ1n) is 5.69. The molecule has 0 radical (unpaired) electrons. The molecule has 2 saturated heterocycles. The van der Waals surface area contributed by atoms with Gasteiger partial charge in [-0.25, -0.2) is 0 Å². The largest absolute Gasteiger partial charge is 0.378 e. The molecule has 2 aliphatic heterocycles. The van der Waals surface area contributed by atoms with Crippen molar-refractivity contribution in [1.82, 2.24) is 4.90 Å². The number of ether oxygens (including phenoxy) is 1. The summed E-state index contributed by atoms with van der Waals surface area (Å²) in [5.74, 6) is 0. The van der Waals surface area contributed by atoms with Crippen LogP contribution in [0.15, 0.2) is 0 Å². The maximum Gasteiger partial charge on any atom is 0.0645 e. The fourth-order valence-corrected chi connectivity index (χ4v) is 2.29. The number of hydrogen-bond acceptors (Lipinski definition) is 3. The van der Waals surface area contributed by atoms with Crippen LogP contribution in [0.5, 0.6) is 0 Å². The molecular weight excluding hydrogens is 176 g/mol. The number of piperidine rings is 1. The Hall–Kier alpha value is -0.120. The molecule has 0 amide bonds. The minimum atomic E-state index is 0.322. The van der Waals surface area contributed by atoms with E-state index in [-0.39, 0.29) is 0 Å².